The summed E-state index contributed by atoms with van der Waals surface area (Å²) in [4.78, 5) is 58.5. The molecule has 0 aromatic rings. The lowest BCUT2D eigenvalue weighted by molar-refractivity contribution is -0.265. The Bertz CT molecular complexity index is 1940. The molecule has 1 amide bonds. The Morgan fingerprint density at radius 2 is 1.61 bits per heavy atom. The number of aliphatic hydroxyl groups is 4. The number of ketones is 2. The molecule has 1 aliphatic carbocycles. The van der Waals surface area contributed by atoms with Crippen LogP contribution in [0.15, 0.2) is 47.6 Å². The van der Waals surface area contributed by atoms with Gasteiger partial charge in [-0.15, -0.1) is 5.92 Å². The number of hydrogen-bond donors (Lipinski definition) is 4. The molecule has 15 unspecified atom stereocenters. The fraction of sp³-hybridized carbons (Fsp3) is 0.754. The molecule has 0 spiro atoms. The predicted molar refractivity (Wildman–Crippen MR) is 274 cm³/mol. The Balaban J connectivity index is 1.72. The van der Waals surface area contributed by atoms with Crippen LogP contribution in [0.5, 0.6) is 0 Å². The van der Waals surface area contributed by atoms with Gasteiger partial charge < -0.3 is 53.7 Å². The Labute approximate surface area is 430 Å². The van der Waals surface area contributed by atoms with Crippen LogP contribution in [0.3, 0.4) is 0 Å². The van der Waals surface area contributed by atoms with E-state index < -0.39 is 83.9 Å². The zero-order chi connectivity index (χ0) is 53.1. The average Bonchev–Trinajstić information content (AvgIpc) is 3.36. The standard InChI is InChI=1S/C57H89NO14/c1-11-12-18-28-69-48-34-44-24-22-42(8)57(66,72-44)54(63)55(64)58-26-17-16-21-45(58)56(65)71-49(39(5)32-43-23-25-47(70-29-27-59)50(33-43)67-9)35-46(60)38(4)31-41(7)52(62)53(68-10)51(61)40(6)30-36(2)19-14-13-15-20-37(48)3/h13-15,19-20,31,36,38-40,42-50,52-53,59-60,62,66H,11,16-17,21-30,32-35H2,1-10H3/b15-13+,19-14+,37-20+,41-31+/t36?,38?,39?,40?,42?,43?,44?,45?,46-,47?,48?,49?,50?,52?,53?,57?/m1/s1. The van der Waals surface area contributed by atoms with Gasteiger partial charge in [-0.3, -0.25) is 14.4 Å². The third kappa shape index (κ3) is 17.2. The van der Waals surface area contributed by atoms with E-state index in [4.69, 9.17) is 28.4 Å². The summed E-state index contributed by atoms with van der Waals surface area (Å²) in [7, 11) is 3.04. The molecule has 2 bridgehead atoms. The molecule has 4 N–H and O–H groups in total. The van der Waals surface area contributed by atoms with Crippen LogP contribution < -0.4 is 0 Å². The minimum atomic E-state index is -2.46. The van der Waals surface area contributed by atoms with E-state index >= 15 is 0 Å². The van der Waals surface area contributed by atoms with Crippen LogP contribution in [0.2, 0.25) is 0 Å². The predicted octanol–water partition coefficient (Wildman–Crippen LogP) is 6.77. The number of fused-ring (bicyclic) bond motifs is 3. The van der Waals surface area contributed by atoms with Crippen molar-refractivity contribution in [3.05, 3.63) is 47.6 Å². The van der Waals surface area contributed by atoms with Crippen LogP contribution in [0.25, 0.3) is 0 Å². The topological polar surface area (TPSA) is 208 Å². The second kappa shape index (κ2) is 30.1. The van der Waals surface area contributed by atoms with Gasteiger partial charge in [-0.1, -0.05) is 83.9 Å². The minimum absolute atomic E-state index is 0.0103. The Hall–Kier alpha value is -3.56. The van der Waals surface area contributed by atoms with Crippen LogP contribution in [0.4, 0.5) is 0 Å². The number of allylic oxidation sites excluding steroid dienone is 5. The number of methoxy groups -OCH3 is 2. The largest absolute Gasteiger partial charge is 0.460 e. The quantitative estimate of drug-likeness (QED) is 0.0771. The first-order valence-electron chi connectivity index (χ1n) is 26.7. The second-order valence-corrected chi connectivity index (χ2v) is 21.1. The van der Waals surface area contributed by atoms with Gasteiger partial charge >= 0.3 is 5.97 Å². The molecular weight excluding hydrogens is 923 g/mol. The summed E-state index contributed by atoms with van der Waals surface area (Å²) in [5, 5.41) is 45.0. The molecule has 0 radical (unpaired) electrons. The van der Waals surface area contributed by atoms with E-state index in [2.05, 4.69) is 11.8 Å². The molecule has 3 fully saturated rings. The second-order valence-electron chi connectivity index (χ2n) is 21.1. The Morgan fingerprint density at radius 1 is 0.861 bits per heavy atom. The number of esters is 1. The summed E-state index contributed by atoms with van der Waals surface area (Å²) in [6.07, 6.45) is 12.0. The number of nitrogens with zero attached hydrogens (tertiary/aromatic N) is 1. The fourth-order valence-electron chi connectivity index (χ4n) is 10.9. The molecular formula is C57H89NO14. The van der Waals surface area contributed by atoms with Gasteiger partial charge in [0.05, 0.1) is 43.7 Å². The fourth-order valence-corrected chi connectivity index (χ4v) is 10.9. The van der Waals surface area contributed by atoms with E-state index in [1.807, 2.05) is 65.0 Å². The van der Waals surface area contributed by atoms with Gasteiger partial charge in [0.2, 0.25) is 5.79 Å². The van der Waals surface area contributed by atoms with Gasteiger partial charge in [-0.05, 0) is 107 Å². The normalized spacial score (nSPS) is 38.4. The number of carbonyl (C=O) groups excluding carboxylic acids is 4. The van der Waals surface area contributed by atoms with Crippen molar-refractivity contribution in [1.82, 2.24) is 4.90 Å². The molecule has 4 rings (SSSR count). The molecule has 1 saturated carbocycles. The number of aliphatic hydroxyl groups excluding tert-OH is 3. The smallest absolute Gasteiger partial charge is 0.329 e. The molecule has 72 heavy (non-hydrogen) atoms. The third-order valence-corrected chi connectivity index (χ3v) is 15.4. The molecule has 3 heterocycles. The maximum absolute atomic E-state index is 14.6. The monoisotopic (exact) mass is 1010 g/mol. The first-order valence-corrected chi connectivity index (χ1v) is 26.7. The maximum atomic E-state index is 14.6. The molecule has 16 atom stereocenters. The molecule has 15 nitrogen and oxygen atoms in total. The van der Waals surface area contributed by atoms with Gasteiger partial charge in [-0.2, -0.15) is 0 Å². The van der Waals surface area contributed by atoms with E-state index in [0.29, 0.717) is 63.4 Å². The summed E-state index contributed by atoms with van der Waals surface area (Å²) in [5.74, 6) is -1.36. The summed E-state index contributed by atoms with van der Waals surface area (Å²) in [6.45, 7) is 15.2. The highest BCUT2D eigenvalue weighted by molar-refractivity contribution is 6.39. The molecule has 15 heteroatoms. The number of carbonyl (C=O) groups is 4. The van der Waals surface area contributed by atoms with Crippen molar-refractivity contribution in [2.24, 2.45) is 35.5 Å². The third-order valence-electron chi connectivity index (χ3n) is 15.4. The lowest BCUT2D eigenvalue weighted by Crippen LogP contribution is -2.61. The number of cyclic esters (lactones) is 1. The van der Waals surface area contributed by atoms with Crippen LogP contribution in [-0.4, -0.2) is 150 Å². The molecule has 0 aromatic carbocycles. The number of Topliss-reactive ketones (excluding diaryl/α,β-unsaturated/α-hetero) is 2. The van der Waals surface area contributed by atoms with Crippen molar-refractivity contribution >= 4 is 23.4 Å². The number of rotatable bonds is 10. The van der Waals surface area contributed by atoms with Gasteiger partial charge in [0, 0.05) is 57.8 Å². The number of piperidine rings is 1. The average molecular weight is 1010 g/mol. The number of ether oxygens (including phenoxy) is 6. The minimum Gasteiger partial charge on any atom is -0.460 e. The van der Waals surface area contributed by atoms with Crippen LogP contribution in [-0.2, 0) is 47.6 Å². The maximum Gasteiger partial charge on any atom is 0.329 e. The first kappa shape index (κ1) is 61.0. The van der Waals surface area contributed by atoms with E-state index in [1.165, 1.54) is 12.0 Å². The molecule has 2 saturated heterocycles. The first-order chi connectivity index (χ1) is 34.3. The molecule has 0 aromatic heterocycles. The highest BCUT2D eigenvalue weighted by Gasteiger charge is 2.53. The Kier molecular flexibility index (Phi) is 25.5. The Morgan fingerprint density at radius 3 is 2.31 bits per heavy atom. The van der Waals surface area contributed by atoms with Crippen LogP contribution in [0, 0.1) is 47.3 Å². The summed E-state index contributed by atoms with van der Waals surface area (Å²) in [6, 6.07) is -1.13. The zero-order valence-electron chi connectivity index (χ0n) is 45.0. The highest BCUT2D eigenvalue weighted by atomic mass is 16.6. The van der Waals surface area contributed by atoms with Crippen LogP contribution >= 0.6 is 0 Å². The van der Waals surface area contributed by atoms with Crippen molar-refractivity contribution in [2.75, 3.05) is 40.6 Å². The van der Waals surface area contributed by atoms with Crippen LogP contribution in [0.1, 0.15) is 139 Å². The van der Waals surface area contributed by atoms with Gasteiger partial charge in [0.25, 0.3) is 11.7 Å². The van der Waals surface area contributed by atoms with Gasteiger partial charge in [-0.25, -0.2) is 4.79 Å². The summed E-state index contributed by atoms with van der Waals surface area (Å²) < 4.78 is 36.3. The van der Waals surface area contributed by atoms with E-state index in [1.54, 1.807) is 34.0 Å². The number of hydrogen-bond acceptors (Lipinski definition) is 14. The molecule has 3 aliphatic heterocycles. The molecule has 406 valence electrons. The van der Waals surface area contributed by atoms with Crippen molar-refractivity contribution < 1.29 is 68.0 Å². The van der Waals surface area contributed by atoms with E-state index in [9.17, 15) is 39.6 Å². The van der Waals surface area contributed by atoms with E-state index in [0.717, 1.165) is 12.0 Å². The van der Waals surface area contributed by atoms with Gasteiger partial charge in [0.1, 0.15) is 31.0 Å². The number of amides is 1. The summed E-state index contributed by atoms with van der Waals surface area (Å²) >= 11 is 0. The van der Waals surface area contributed by atoms with E-state index in [-0.39, 0.29) is 81.4 Å². The highest BCUT2D eigenvalue weighted by Crippen LogP contribution is 2.38. The van der Waals surface area contributed by atoms with Crippen molar-refractivity contribution in [3.8, 4) is 11.8 Å². The van der Waals surface area contributed by atoms with Crippen molar-refractivity contribution in [2.45, 2.75) is 200 Å². The SMILES string of the molecule is CCC#CCOC1CC2CCC(C)C(O)(O2)C(=O)C(=O)N2CCCCC2C(=O)OC(C(C)CC2CCC(OCCO)C(OC)C2)C[C@@H](O)C(C)/C=C(\C)C(O)C(OC)C(=O)C(C)CC(C)/C=C/C=C/C=C/1C. The summed E-state index contributed by atoms with van der Waals surface area (Å²) in [5.41, 5.74) is 1.30. The lowest BCUT2D eigenvalue weighted by Gasteiger charge is -2.43. The van der Waals surface area contributed by atoms with Gasteiger partial charge in [0.15, 0.2) is 5.78 Å². The van der Waals surface area contributed by atoms with Crippen molar-refractivity contribution in [1.29, 1.82) is 0 Å². The van der Waals surface area contributed by atoms with Crippen molar-refractivity contribution in [3.63, 3.8) is 0 Å². The zero-order valence-corrected chi connectivity index (χ0v) is 45.0. The lowest BCUT2D eigenvalue weighted by atomic mass is 9.78. The molecule has 4 aliphatic rings.